The van der Waals surface area contributed by atoms with Crippen molar-refractivity contribution in [2.75, 3.05) is 6.54 Å². The van der Waals surface area contributed by atoms with Crippen LogP contribution in [0.25, 0.3) is 16.2 Å². The summed E-state index contributed by atoms with van der Waals surface area (Å²) < 4.78 is 15.0. The summed E-state index contributed by atoms with van der Waals surface area (Å²) in [6.07, 6.45) is 2.68. The quantitative estimate of drug-likeness (QED) is 0.556. The van der Waals surface area contributed by atoms with E-state index in [1.807, 2.05) is 47.9 Å². The molecule has 2 heterocycles. The molecule has 0 unspecified atom stereocenters. The van der Waals surface area contributed by atoms with Crippen molar-refractivity contribution in [1.82, 2.24) is 14.7 Å². The van der Waals surface area contributed by atoms with Crippen LogP contribution in [-0.4, -0.2) is 21.8 Å². The molecule has 0 saturated heterocycles. The Hall–Kier alpha value is -2.99. The average molecular weight is 379 g/mol. The topological polar surface area (TPSA) is 46.4 Å². The lowest BCUT2D eigenvalue weighted by Gasteiger charge is -2.04. The number of aryl methyl sites for hydroxylation is 1. The molecule has 27 heavy (non-hydrogen) atoms. The Morgan fingerprint density at radius 3 is 2.59 bits per heavy atom. The van der Waals surface area contributed by atoms with Crippen molar-refractivity contribution in [3.63, 3.8) is 0 Å². The van der Waals surface area contributed by atoms with E-state index in [1.54, 1.807) is 12.1 Å². The minimum absolute atomic E-state index is 0.0812. The largest absolute Gasteiger partial charge is 0.351 e. The Morgan fingerprint density at radius 1 is 1.15 bits per heavy atom. The molecule has 2 aromatic carbocycles. The minimum Gasteiger partial charge on any atom is -0.351 e. The molecule has 4 aromatic rings. The van der Waals surface area contributed by atoms with Crippen LogP contribution in [0.15, 0.2) is 60.8 Å². The monoisotopic (exact) mass is 379 g/mol. The van der Waals surface area contributed by atoms with Gasteiger partial charge in [-0.1, -0.05) is 41.7 Å². The normalized spacial score (nSPS) is 11.0. The van der Waals surface area contributed by atoms with Gasteiger partial charge in [0.15, 0.2) is 4.96 Å². The van der Waals surface area contributed by atoms with E-state index in [0.29, 0.717) is 11.4 Å². The molecule has 0 aliphatic rings. The molecule has 0 fully saturated rings. The first-order valence-electron chi connectivity index (χ1n) is 8.68. The van der Waals surface area contributed by atoms with Gasteiger partial charge in [0.2, 0.25) is 0 Å². The fourth-order valence-electron chi connectivity index (χ4n) is 2.97. The second kappa shape index (κ2) is 7.32. The van der Waals surface area contributed by atoms with Gasteiger partial charge in [-0.25, -0.2) is 9.37 Å². The van der Waals surface area contributed by atoms with Gasteiger partial charge in [-0.3, -0.25) is 9.20 Å². The Labute approximate surface area is 160 Å². The standard InChI is InChI=1S/C21H18FN3OS/c1-14-19(20(26)23-12-11-15-5-3-2-4-6-15)27-21-24-18(13-25(14)21)16-7-9-17(22)10-8-16/h2-10,13H,11-12H2,1H3,(H,23,26). The lowest BCUT2D eigenvalue weighted by Crippen LogP contribution is -2.25. The van der Waals surface area contributed by atoms with E-state index in [1.165, 1.54) is 29.0 Å². The van der Waals surface area contributed by atoms with Crippen LogP contribution in [0.3, 0.4) is 0 Å². The van der Waals surface area contributed by atoms with Crippen LogP contribution in [0.4, 0.5) is 4.39 Å². The number of imidazole rings is 1. The summed E-state index contributed by atoms with van der Waals surface area (Å²) in [6, 6.07) is 16.3. The van der Waals surface area contributed by atoms with Crippen LogP contribution >= 0.6 is 11.3 Å². The van der Waals surface area contributed by atoms with Crippen molar-refractivity contribution in [2.24, 2.45) is 0 Å². The maximum atomic E-state index is 13.1. The van der Waals surface area contributed by atoms with Gasteiger partial charge in [0, 0.05) is 24.0 Å². The molecule has 4 rings (SSSR count). The van der Waals surface area contributed by atoms with Crippen LogP contribution < -0.4 is 5.32 Å². The fourth-order valence-corrected chi connectivity index (χ4v) is 3.99. The van der Waals surface area contributed by atoms with Crippen LogP contribution in [0.5, 0.6) is 0 Å². The third-order valence-electron chi connectivity index (χ3n) is 4.45. The number of aromatic nitrogens is 2. The number of thiazole rings is 1. The Balaban J connectivity index is 1.49. The summed E-state index contributed by atoms with van der Waals surface area (Å²) in [5.41, 5.74) is 3.66. The number of hydrogen-bond donors (Lipinski definition) is 1. The Bertz CT molecular complexity index is 1080. The number of carbonyl (C=O) groups excluding carboxylic acids is 1. The number of halogens is 1. The molecule has 1 amide bonds. The summed E-state index contributed by atoms with van der Waals surface area (Å²) in [4.78, 5) is 18.5. The molecule has 2 aromatic heterocycles. The van der Waals surface area contributed by atoms with Gasteiger partial charge in [-0.05, 0) is 43.2 Å². The van der Waals surface area contributed by atoms with Crippen molar-refractivity contribution in [3.05, 3.63) is 82.7 Å². The molecule has 6 heteroatoms. The first-order valence-corrected chi connectivity index (χ1v) is 9.50. The van der Waals surface area contributed by atoms with Gasteiger partial charge in [-0.15, -0.1) is 0 Å². The summed E-state index contributed by atoms with van der Waals surface area (Å²) in [6.45, 7) is 2.50. The number of amides is 1. The van der Waals surface area contributed by atoms with Gasteiger partial charge in [0.05, 0.1) is 5.69 Å². The predicted molar refractivity (Wildman–Crippen MR) is 106 cm³/mol. The highest BCUT2D eigenvalue weighted by atomic mass is 32.1. The number of fused-ring (bicyclic) bond motifs is 1. The Kier molecular flexibility index (Phi) is 4.73. The number of benzene rings is 2. The average Bonchev–Trinajstić information content (AvgIpc) is 3.23. The lowest BCUT2D eigenvalue weighted by molar-refractivity contribution is 0.0957. The minimum atomic E-state index is -0.273. The zero-order valence-electron chi connectivity index (χ0n) is 14.8. The van der Waals surface area contributed by atoms with Crippen LogP contribution in [0, 0.1) is 12.7 Å². The Morgan fingerprint density at radius 2 is 1.89 bits per heavy atom. The smallest absolute Gasteiger partial charge is 0.263 e. The summed E-state index contributed by atoms with van der Waals surface area (Å²) in [7, 11) is 0. The molecule has 0 radical (unpaired) electrons. The molecule has 0 aliphatic carbocycles. The first kappa shape index (κ1) is 17.4. The van der Waals surface area contributed by atoms with E-state index in [-0.39, 0.29) is 11.7 Å². The van der Waals surface area contributed by atoms with E-state index in [9.17, 15) is 9.18 Å². The van der Waals surface area contributed by atoms with Crippen molar-refractivity contribution >= 4 is 22.2 Å². The molecule has 4 nitrogen and oxygen atoms in total. The highest BCUT2D eigenvalue weighted by Crippen LogP contribution is 2.27. The van der Waals surface area contributed by atoms with E-state index < -0.39 is 0 Å². The van der Waals surface area contributed by atoms with E-state index in [4.69, 9.17) is 0 Å². The predicted octanol–water partition coefficient (Wildman–Crippen LogP) is 4.48. The summed E-state index contributed by atoms with van der Waals surface area (Å²) in [5.74, 6) is -0.354. The number of carbonyl (C=O) groups is 1. The summed E-state index contributed by atoms with van der Waals surface area (Å²) in [5, 5.41) is 2.98. The second-order valence-corrected chi connectivity index (χ2v) is 7.27. The highest BCUT2D eigenvalue weighted by molar-refractivity contribution is 7.19. The molecule has 1 N–H and O–H groups in total. The van der Waals surface area contributed by atoms with Gasteiger partial charge < -0.3 is 5.32 Å². The number of nitrogens with zero attached hydrogens (tertiary/aromatic N) is 2. The number of hydrogen-bond acceptors (Lipinski definition) is 3. The van der Waals surface area contributed by atoms with Crippen molar-refractivity contribution < 1.29 is 9.18 Å². The van der Waals surface area contributed by atoms with Crippen molar-refractivity contribution in [3.8, 4) is 11.3 Å². The molecule has 0 bridgehead atoms. The third kappa shape index (κ3) is 3.61. The van der Waals surface area contributed by atoms with Crippen LogP contribution in [0.1, 0.15) is 20.9 Å². The van der Waals surface area contributed by atoms with Crippen LogP contribution in [-0.2, 0) is 6.42 Å². The molecule has 0 saturated carbocycles. The van der Waals surface area contributed by atoms with Gasteiger partial charge >= 0.3 is 0 Å². The summed E-state index contributed by atoms with van der Waals surface area (Å²) >= 11 is 1.36. The van der Waals surface area contributed by atoms with E-state index in [2.05, 4.69) is 10.3 Å². The SMILES string of the molecule is Cc1c(C(=O)NCCc2ccccc2)sc2nc(-c3ccc(F)cc3)cn12. The maximum absolute atomic E-state index is 13.1. The molecular formula is C21H18FN3OS. The first-order chi connectivity index (χ1) is 13.1. The highest BCUT2D eigenvalue weighted by Gasteiger charge is 2.17. The molecule has 0 atom stereocenters. The van der Waals surface area contributed by atoms with Crippen molar-refractivity contribution in [2.45, 2.75) is 13.3 Å². The van der Waals surface area contributed by atoms with Gasteiger partial charge in [0.1, 0.15) is 10.7 Å². The second-order valence-electron chi connectivity index (χ2n) is 6.29. The molecule has 0 spiro atoms. The van der Waals surface area contributed by atoms with Crippen molar-refractivity contribution in [1.29, 1.82) is 0 Å². The van der Waals surface area contributed by atoms with Gasteiger partial charge in [0.25, 0.3) is 5.91 Å². The molecule has 0 aliphatic heterocycles. The van der Waals surface area contributed by atoms with Gasteiger partial charge in [-0.2, -0.15) is 0 Å². The third-order valence-corrected chi connectivity index (χ3v) is 5.60. The van der Waals surface area contributed by atoms with E-state index in [0.717, 1.165) is 28.3 Å². The zero-order valence-corrected chi connectivity index (χ0v) is 15.6. The zero-order chi connectivity index (χ0) is 18.8. The van der Waals surface area contributed by atoms with E-state index >= 15 is 0 Å². The fraction of sp³-hybridized carbons (Fsp3) is 0.143. The maximum Gasteiger partial charge on any atom is 0.263 e. The molecule has 136 valence electrons. The number of nitrogens with one attached hydrogen (secondary N) is 1. The molecular weight excluding hydrogens is 361 g/mol. The lowest BCUT2D eigenvalue weighted by atomic mass is 10.1. The van der Waals surface area contributed by atoms with Crippen LogP contribution in [0.2, 0.25) is 0 Å². The number of rotatable bonds is 5.